The van der Waals surface area contributed by atoms with E-state index in [1.165, 1.54) is 36.1 Å². The first-order chi connectivity index (χ1) is 15.8. The van der Waals surface area contributed by atoms with Crippen molar-refractivity contribution in [2.24, 2.45) is 0 Å². The lowest BCUT2D eigenvalue weighted by molar-refractivity contribution is -0.134. The highest BCUT2D eigenvalue weighted by molar-refractivity contribution is 7.80. The second-order valence-electron chi connectivity index (χ2n) is 8.07. The second kappa shape index (κ2) is 14.0. The molecular weight excluding hydrogens is 456 g/mol. The molecule has 1 aliphatic heterocycles. The molecule has 33 heavy (non-hydrogen) atoms. The molecule has 178 valence electrons. The maximum absolute atomic E-state index is 9.00. The maximum atomic E-state index is 9.00. The highest BCUT2D eigenvalue weighted by atomic mass is 35.5. The number of rotatable bonds is 9. The molecule has 0 amide bonds. The predicted octanol–water partition coefficient (Wildman–Crippen LogP) is 5.99. The van der Waals surface area contributed by atoms with Crippen molar-refractivity contribution in [3.63, 3.8) is 0 Å². The van der Waals surface area contributed by atoms with Gasteiger partial charge in [-0.05, 0) is 93.0 Å². The lowest BCUT2D eigenvalue weighted by Gasteiger charge is -2.20. The molecule has 0 aliphatic carbocycles. The summed E-state index contributed by atoms with van der Waals surface area (Å²) in [5.74, 6) is -0.122. The minimum absolute atomic E-state index is 0.488. The number of carboxylic acid groups (broad SMARTS) is 1. The lowest BCUT2D eigenvalue weighted by Crippen LogP contribution is -2.31. The number of carbonyl (C=O) groups is 1. The van der Waals surface area contributed by atoms with Gasteiger partial charge in [0.05, 0.1) is 0 Å². The first-order valence-electron chi connectivity index (χ1n) is 11.2. The van der Waals surface area contributed by atoms with Gasteiger partial charge in [0, 0.05) is 30.7 Å². The number of aliphatic carboxylic acids is 1. The van der Waals surface area contributed by atoms with Gasteiger partial charge in [-0.1, -0.05) is 36.2 Å². The van der Waals surface area contributed by atoms with Crippen molar-refractivity contribution in [2.45, 2.75) is 39.0 Å². The molecule has 0 bridgehead atoms. The fourth-order valence-corrected chi connectivity index (χ4v) is 4.07. The van der Waals surface area contributed by atoms with Gasteiger partial charge in [0.15, 0.2) is 0 Å². The van der Waals surface area contributed by atoms with Crippen molar-refractivity contribution in [3.8, 4) is 5.75 Å². The van der Waals surface area contributed by atoms with E-state index in [0.717, 1.165) is 39.4 Å². The Morgan fingerprint density at radius 2 is 1.94 bits per heavy atom. The number of benzene rings is 2. The molecule has 7 heteroatoms. The van der Waals surface area contributed by atoms with E-state index in [-0.39, 0.29) is 0 Å². The number of carboxylic acids is 1. The van der Waals surface area contributed by atoms with Crippen LogP contribution in [0.1, 0.15) is 37.3 Å². The van der Waals surface area contributed by atoms with Crippen molar-refractivity contribution >= 4 is 40.7 Å². The Kier molecular flexibility index (Phi) is 11.4. The van der Waals surface area contributed by atoms with E-state index in [4.69, 9.17) is 38.5 Å². The summed E-state index contributed by atoms with van der Waals surface area (Å²) in [6.45, 7) is 7.83. The first-order valence-corrected chi connectivity index (χ1v) is 11.9. The number of aryl methyl sites for hydroxylation is 1. The van der Waals surface area contributed by atoms with Crippen LogP contribution in [0.15, 0.2) is 55.1 Å². The highest BCUT2D eigenvalue weighted by Crippen LogP contribution is 2.30. The molecule has 0 atom stereocenters. The molecule has 0 saturated heterocycles. The van der Waals surface area contributed by atoms with Gasteiger partial charge in [-0.25, -0.2) is 0 Å². The minimum Gasteiger partial charge on any atom is -0.481 e. The number of halogens is 1. The van der Waals surface area contributed by atoms with Crippen LogP contribution < -0.4 is 9.64 Å². The molecule has 3 rings (SSSR count). The van der Waals surface area contributed by atoms with Gasteiger partial charge < -0.3 is 19.6 Å². The summed E-state index contributed by atoms with van der Waals surface area (Å²) in [6, 6.07) is 14.0. The van der Waals surface area contributed by atoms with E-state index in [1.54, 1.807) is 12.1 Å². The van der Waals surface area contributed by atoms with E-state index < -0.39 is 5.97 Å². The fraction of sp³-hybridized carbons (Fsp3) is 0.385. The Balaban J connectivity index is 0.000000890. The average Bonchev–Trinajstić information content (AvgIpc) is 3.18. The summed E-state index contributed by atoms with van der Waals surface area (Å²) in [7, 11) is 2.15. The third-order valence-corrected chi connectivity index (χ3v) is 5.78. The molecule has 0 spiro atoms. The number of anilines is 1. The largest absolute Gasteiger partial charge is 0.481 e. The van der Waals surface area contributed by atoms with E-state index in [2.05, 4.69) is 41.6 Å². The van der Waals surface area contributed by atoms with Crippen LogP contribution in [0.3, 0.4) is 0 Å². The molecule has 5 nitrogen and oxygen atoms in total. The molecule has 2 aromatic rings. The number of hydrogen-bond acceptors (Lipinski definition) is 4. The number of likely N-dealkylation sites (N-methyl/N-ethyl adjacent to an activating group) is 1. The van der Waals surface area contributed by atoms with Crippen LogP contribution in [0.4, 0.5) is 5.69 Å². The Morgan fingerprint density at radius 3 is 2.61 bits per heavy atom. The molecule has 0 unspecified atom stereocenters. The molecular formula is C26H33ClN2O3S. The Morgan fingerprint density at radius 1 is 1.24 bits per heavy atom. The van der Waals surface area contributed by atoms with Gasteiger partial charge in [0.25, 0.3) is 11.1 Å². The zero-order valence-electron chi connectivity index (χ0n) is 19.4. The topological polar surface area (TPSA) is 53.0 Å². The number of hydrogen-bond donors (Lipinski definition) is 1. The molecule has 2 aromatic carbocycles. The predicted molar refractivity (Wildman–Crippen MR) is 141 cm³/mol. The third kappa shape index (κ3) is 9.54. The summed E-state index contributed by atoms with van der Waals surface area (Å²) in [4.78, 5) is 13.4. The molecule has 0 saturated carbocycles. The smallest absolute Gasteiger partial charge is 0.300 e. The molecule has 1 aliphatic rings. The molecule has 0 aromatic heterocycles. The summed E-state index contributed by atoms with van der Waals surface area (Å²) in [5, 5.41) is 8.59. The number of nitrogens with zero attached hydrogens (tertiary/aromatic N) is 2. The van der Waals surface area contributed by atoms with Crippen LogP contribution in [-0.2, 0) is 17.6 Å². The zero-order valence-corrected chi connectivity index (χ0v) is 21.0. The Hall–Kier alpha value is -2.41. The van der Waals surface area contributed by atoms with Gasteiger partial charge >= 0.3 is 0 Å². The highest BCUT2D eigenvalue weighted by Gasteiger charge is 2.23. The zero-order chi connectivity index (χ0) is 24.2. The van der Waals surface area contributed by atoms with Gasteiger partial charge in [-0.15, -0.1) is 6.58 Å². The summed E-state index contributed by atoms with van der Waals surface area (Å²) < 4.78 is 5.86. The molecule has 0 radical (unpaired) electrons. The van der Waals surface area contributed by atoms with Crippen LogP contribution in [-0.4, -0.2) is 47.8 Å². The second-order valence-corrected chi connectivity index (χ2v) is 8.85. The van der Waals surface area contributed by atoms with Gasteiger partial charge in [0.1, 0.15) is 5.75 Å². The van der Waals surface area contributed by atoms with Gasteiger partial charge in [-0.2, -0.15) is 0 Å². The number of thiocarbonyl (C=S) groups is 1. The summed E-state index contributed by atoms with van der Waals surface area (Å²) in [6.07, 6.45) is 7.80. The van der Waals surface area contributed by atoms with E-state index in [9.17, 15) is 0 Å². The van der Waals surface area contributed by atoms with Gasteiger partial charge in [0.2, 0.25) is 0 Å². The molecule has 1 N–H and O–H groups in total. The van der Waals surface area contributed by atoms with Crippen LogP contribution in [0.5, 0.6) is 5.75 Å². The maximum Gasteiger partial charge on any atom is 0.300 e. The molecule has 0 fully saturated rings. The van der Waals surface area contributed by atoms with Crippen LogP contribution in [0, 0.1) is 0 Å². The first kappa shape index (κ1) is 26.8. The van der Waals surface area contributed by atoms with E-state index in [1.807, 2.05) is 18.2 Å². The number of ether oxygens (including phenoxy) is 1. The van der Waals surface area contributed by atoms with Crippen molar-refractivity contribution < 1.29 is 14.6 Å². The Bertz CT molecular complexity index is 930. The monoisotopic (exact) mass is 488 g/mol. The normalized spacial score (nSPS) is 12.1. The Labute approximate surface area is 207 Å². The van der Waals surface area contributed by atoms with E-state index in [0.29, 0.717) is 15.9 Å². The van der Waals surface area contributed by atoms with Crippen molar-refractivity contribution in [2.75, 3.05) is 31.6 Å². The van der Waals surface area contributed by atoms with Crippen LogP contribution in [0.2, 0.25) is 5.02 Å². The lowest BCUT2D eigenvalue weighted by atomic mass is 10.0. The van der Waals surface area contributed by atoms with Crippen LogP contribution in [0.25, 0.3) is 0 Å². The summed E-state index contributed by atoms with van der Waals surface area (Å²) >= 11 is 11.5. The quantitative estimate of drug-likeness (QED) is 0.266. The number of fused-ring (bicyclic) bond motifs is 1. The van der Waals surface area contributed by atoms with Gasteiger partial charge in [-0.3, -0.25) is 4.79 Å². The molecule has 1 heterocycles. The fourth-order valence-electron chi connectivity index (χ4n) is 3.66. The van der Waals surface area contributed by atoms with Crippen molar-refractivity contribution in [1.29, 1.82) is 0 Å². The van der Waals surface area contributed by atoms with E-state index >= 15 is 0 Å². The SMILES string of the molecule is C=CCN(C)CCCCCc1ccc2c(c1)CCN2C(=S)Oc1ccc(Cl)cc1.CC(=O)O. The average molecular weight is 489 g/mol. The summed E-state index contributed by atoms with van der Waals surface area (Å²) in [5.41, 5.74) is 3.93. The standard InChI is InChI=1S/C24H29ClN2OS.C2H4O2/c1-3-15-26(2)16-6-4-5-7-19-8-13-23-20(18-19)14-17-27(23)24(29)28-22-11-9-21(25)10-12-22;1-2(3)4/h3,8-13,18H,1,4-7,14-17H2,2H3;1H3,(H,3,4). The third-order valence-electron chi connectivity index (χ3n) is 5.22. The minimum atomic E-state index is -0.833. The van der Waals surface area contributed by atoms with Crippen molar-refractivity contribution in [3.05, 3.63) is 71.3 Å². The number of unbranched alkanes of at least 4 members (excludes halogenated alkanes) is 2. The van der Waals surface area contributed by atoms with Crippen LogP contribution >= 0.6 is 23.8 Å². The van der Waals surface area contributed by atoms with Crippen molar-refractivity contribution in [1.82, 2.24) is 4.90 Å².